The molecule has 0 spiro atoms. The normalized spacial score (nSPS) is 13.9. The third-order valence-corrected chi connectivity index (χ3v) is 3.33. The summed E-state index contributed by atoms with van der Waals surface area (Å²) in [6, 6.07) is 10.6. The molecule has 1 unspecified atom stereocenters. The van der Waals surface area contributed by atoms with Crippen molar-refractivity contribution in [2.45, 2.75) is 38.0 Å². The largest absolute Gasteiger partial charge is 0.256 e. The van der Waals surface area contributed by atoms with Crippen molar-refractivity contribution in [3.8, 4) is 0 Å². The first kappa shape index (κ1) is 12.4. The van der Waals surface area contributed by atoms with Gasteiger partial charge in [-0.1, -0.05) is 26.0 Å². The Morgan fingerprint density at radius 1 is 1.29 bits per heavy atom. The summed E-state index contributed by atoms with van der Waals surface area (Å²) in [6.07, 6.45) is 2.80. The highest BCUT2D eigenvalue weighted by molar-refractivity contribution is 6.20. The summed E-state index contributed by atoms with van der Waals surface area (Å²) in [5, 5.41) is 1.38. The van der Waals surface area contributed by atoms with E-state index in [4.69, 9.17) is 11.6 Å². The van der Waals surface area contributed by atoms with Crippen LogP contribution in [0.2, 0.25) is 0 Å². The van der Waals surface area contributed by atoms with Gasteiger partial charge in [-0.25, -0.2) is 0 Å². The second-order valence-electron chi connectivity index (χ2n) is 5.28. The minimum absolute atomic E-state index is 0.102. The summed E-state index contributed by atoms with van der Waals surface area (Å²) in [6.45, 7) is 6.53. The van der Waals surface area contributed by atoms with Crippen molar-refractivity contribution in [3.05, 3.63) is 42.1 Å². The van der Waals surface area contributed by atoms with Gasteiger partial charge >= 0.3 is 0 Å². The van der Waals surface area contributed by atoms with E-state index in [-0.39, 0.29) is 10.8 Å². The molecule has 90 valence electrons. The van der Waals surface area contributed by atoms with Gasteiger partial charge in [-0.3, -0.25) is 4.98 Å². The standard InChI is InChI=1S/C15H18ClN/c1-11(16)10-15(2,3)13-6-7-14-12(9-13)5-4-8-17-14/h4-9,11H,10H2,1-3H3. The van der Waals surface area contributed by atoms with Gasteiger partial charge in [0, 0.05) is 17.0 Å². The van der Waals surface area contributed by atoms with Crippen LogP contribution in [0.15, 0.2) is 36.5 Å². The average Bonchev–Trinajstić information content (AvgIpc) is 2.26. The highest BCUT2D eigenvalue weighted by Crippen LogP contribution is 2.31. The Balaban J connectivity index is 2.42. The van der Waals surface area contributed by atoms with Gasteiger partial charge < -0.3 is 0 Å². The Morgan fingerprint density at radius 3 is 2.76 bits per heavy atom. The number of pyridine rings is 1. The third-order valence-electron chi connectivity index (χ3n) is 3.18. The maximum absolute atomic E-state index is 6.12. The first-order valence-electron chi connectivity index (χ1n) is 5.98. The molecule has 0 aliphatic carbocycles. The highest BCUT2D eigenvalue weighted by Gasteiger charge is 2.22. The van der Waals surface area contributed by atoms with Gasteiger partial charge in [0.1, 0.15) is 0 Å². The Bertz CT molecular complexity index is 517. The van der Waals surface area contributed by atoms with Crippen molar-refractivity contribution in [3.63, 3.8) is 0 Å². The molecule has 0 saturated heterocycles. The predicted octanol–water partition coefficient (Wildman–Crippen LogP) is 4.53. The van der Waals surface area contributed by atoms with Crippen molar-refractivity contribution < 1.29 is 0 Å². The lowest BCUT2D eigenvalue weighted by atomic mass is 9.80. The van der Waals surface area contributed by atoms with Crippen LogP contribution in [0.1, 0.15) is 32.8 Å². The van der Waals surface area contributed by atoms with Gasteiger partial charge in [-0.2, -0.15) is 0 Å². The summed E-state index contributed by atoms with van der Waals surface area (Å²) in [5.41, 5.74) is 2.47. The van der Waals surface area contributed by atoms with Gasteiger partial charge in [-0.15, -0.1) is 11.6 Å². The van der Waals surface area contributed by atoms with Gasteiger partial charge in [0.15, 0.2) is 0 Å². The van der Waals surface area contributed by atoms with Crippen LogP contribution in [-0.2, 0) is 5.41 Å². The lowest BCUT2D eigenvalue weighted by Crippen LogP contribution is -2.20. The SMILES string of the molecule is CC(Cl)CC(C)(C)c1ccc2ncccc2c1. The van der Waals surface area contributed by atoms with Gasteiger partial charge in [0.2, 0.25) is 0 Å². The zero-order valence-electron chi connectivity index (χ0n) is 10.6. The van der Waals surface area contributed by atoms with Crippen LogP contribution in [0.25, 0.3) is 10.9 Å². The summed E-state index contributed by atoms with van der Waals surface area (Å²) >= 11 is 6.12. The van der Waals surface area contributed by atoms with Crippen LogP contribution in [-0.4, -0.2) is 10.4 Å². The van der Waals surface area contributed by atoms with Crippen LogP contribution in [0.4, 0.5) is 0 Å². The van der Waals surface area contributed by atoms with E-state index in [1.807, 2.05) is 19.2 Å². The maximum atomic E-state index is 6.12. The fourth-order valence-corrected chi connectivity index (χ4v) is 2.70. The third kappa shape index (κ3) is 2.78. The van der Waals surface area contributed by atoms with Crippen LogP contribution in [0, 0.1) is 0 Å². The molecule has 0 N–H and O–H groups in total. The number of nitrogens with zero attached hydrogens (tertiary/aromatic N) is 1. The Morgan fingerprint density at radius 2 is 2.06 bits per heavy atom. The van der Waals surface area contributed by atoms with Gasteiger partial charge in [-0.05, 0) is 42.5 Å². The number of rotatable bonds is 3. The van der Waals surface area contributed by atoms with Gasteiger partial charge in [0.05, 0.1) is 5.52 Å². The number of alkyl halides is 1. The number of fused-ring (bicyclic) bond motifs is 1. The van der Waals surface area contributed by atoms with E-state index in [1.54, 1.807) is 0 Å². The van der Waals surface area contributed by atoms with E-state index in [0.717, 1.165) is 11.9 Å². The molecule has 0 aliphatic heterocycles. The molecule has 0 fully saturated rings. The summed E-state index contributed by atoms with van der Waals surface area (Å²) in [4.78, 5) is 4.34. The maximum Gasteiger partial charge on any atom is 0.0702 e. The molecule has 2 aromatic rings. The Kier molecular flexibility index (Phi) is 3.39. The molecule has 2 heteroatoms. The summed E-state index contributed by atoms with van der Waals surface area (Å²) in [7, 11) is 0. The molecular weight excluding hydrogens is 230 g/mol. The van der Waals surface area contributed by atoms with Crippen LogP contribution >= 0.6 is 11.6 Å². The van der Waals surface area contributed by atoms with E-state index in [0.29, 0.717) is 0 Å². The minimum atomic E-state index is 0.102. The molecule has 1 aromatic carbocycles. The molecule has 1 atom stereocenters. The van der Waals surface area contributed by atoms with Crippen LogP contribution in [0.5, 0.6) is 0 Å². The number of halogens is 1. The van der Waals surface area contributed by atoms with Crippen molar-refractivity contribution in [1.82, 2.24) is 4.98 Å². The van der Waals surface area contributed by atoms with Crippen LogP contribution < -0.4 is 0 Å². The quantitative estimate of drug-likeness (QED) is 0.727. The Hall–Kier alpha value is -1.08. The molecule has 1 nitrogen and oxygen atoms in total. The van der Waals surface area contributed by atoms with E-state index in [1.165, 1.54) is 10.9 Å². The van der Waals surface area contributed by atoms with Crippen molar-refractivity contribution >= 4 is 22.5 Å². The predicted molar refractivity (Wildman–Crippen MR) is 74.7 cm³/mol. The molecule has 0 saturated carbocycles. The molecule has 1 aromatic heterocycles. The number of hydrogen-bond donors (Lipinski definition) is 0. The molecular formula is C15H18ClN. The van der Waals surface area contributed by atoms with E-state index in [2.05, 4.69) is 43.1 Å². The average molecular weight is 248 g/mol. The van der Waals surface area contributed by atoms with E-state index < -0.39 is 0 Å². The number of hydrogen-bond acceptors (Lipinski definition) is 1. The number of benzene rings is 1. The fourth-order valence-electron chi connectivity index (χ4n) is 2.32. The smallest absolute Gasteiger partial charge is 0.0702 e. The van der Waals surface area contributed by atoms with Crippen molar-refractivity contribution in [1.29, 1.82) is 0 Å². The zero-order valence-corrected chi connectivity index (χ0v) is 11.3. The molecule has 17 heavy (non-hydrogen) atoms. The van der Waals surface area contributed by atoms with E-state index in [9.17, 15) is 0 Å². The molecule has 1 heterocycles. The molecule has 0 bridgehead atoms. The number of aromatic nitrogens is 1. The second kappa shape index (κ2) is 4.66. The lowest BCUT2D eigenvalue weighted by Gasteiger charge is -2.26. The van der Waals surface area contributed by atoms with Crippen molar-refractivity contribution in [2.24, 2.45) is 0 Å². The highest BCUT2D eigenvalue weighted by atomic mass is 35.5. The lowest BCUT2D eigenvalue weighted by molar-refractivity contribution is 0.477. The first-order valence-corrected chi connectivity index (χ1v) is 6.42. The molecule has 2 rings (SSSR count). The van der Waals surface area contributed by atoms with E-state index >= 15 is 0 Å². The van der Waals surface area contributed by atoms with Crippen molar-refractivity contribution in [2.75, 3.05) is 0 Å². The first-order chi connectivity index (χ1) is 7.99. The Labute approximate surface area is 108 Å². The second-order valence-corrected chi connectivity index (χ2v) is 6.02. The summed E-state index contributed by atoms with van der Waals surface area (Å²) in [5.74, 6) is 0. The zero-order chi connectivity index (χ0) is 12.5. The molecule has 0 aliphatic rings. The summed E-state index contributed by atoms with van der Waals surface area (Å²) < 4.78 is 0. The molecule has 0 radical (unpaired) electrons. The topological polar surface area (TPSA) is 12.9 Å². The van der Waals surface area contributed by atoms with Crippen LogP contribution in [0.3, 0.4) is 0 Å². The minimum Gasteiger partial charge on any atom is -0.256 e. The monoisotopic (exact) mass is 247 g/mol. The molecule has 0 amide bonds. The fraction of sp³-hybridized carbons (Fsp3) is 0.400. The van der Waals surface area contributed by atoms with Gasteiger partial charge in [0.25, 0.3) is 0 Å².